The molecule has 0 bridgehead atoms. The van der Waals surface area contributed by atoms with Crippen LogP contribution < -0.4 is 10.2 Å². The van der Waals surface area contributed by atoms with E-state index in [0.29, 0.717) is 12.1 Å². The lowest BCUT2D eigenvalue weighted by molar-refractivity contribution is 0.0989. The van der Waals surface area contributed by atoms with Crippen molar-refractivity contribution in [3.05, 3.63) is 89.5 Å². The molecule has 1 aliphatic heterocycles. The molecular weight excluding hydrogens is 345 g/mol. The Labute approximate surface area is 155 Å². The molecule has 0 unspecified atom stereocenters. The number of anilines is 2. The molecule has 0 fully saturated rings. The zero-order valence-corrected chi connectivity index (χ0v) is 14.4. The van der Waals surface area contributed by atoms with Gasteiger partial charge in [0.15, 0.2) is 0 Å². The maximum Gasteiger partial charge on any atom is 0.259 e. The van der Waals surface area contributed by atoms with Crippen LogP contribution in [0.25, 0.3) is 0 Å². The molecule has 134 valence electrons. The van der Waals surface area contributed by atoms with Crippen molar-refractivity contribution in [2.45, 2.75) is 6.42 Å². The highest BCUT2D eigenvalue weighted by molar-refractivity contribution is 6.10. The molecule has 0 aliphatic carbocycles. The quantitative estimate of drug-likeness (QED) is 0.774. The van der Waals surface area contributed by atoms with E-state index in [1.165, 1.54) is 30.6 Å². The van der Waals surface area contributed by atoms with Crippen LogP contribution in [0.4, 0.5) is 15.8 Å². The monoisotopic (exact) mass is 361 g/mol. The number of nitrogens with zero attached hydrogens (tertiary/aromatic N) is 2. The molecular formula is C21H16FN3O2. The van der Waals surface area contributed by atoms with E-state index in [1.54, 1.807) is 17.0 Å². The molecule has 6 heteroatoms. The zero-order valence-electron chi connectivity index (χ0n) is 14.4. The molecule has 4 rings (SSSR count). The smallest absolute Gasteiger partial charge is 0.259 e. The molecule has 1 N–H and O–H groups in total. The minimum absolute atomic E-state index is 0.0766. The van der Waals surface area contributed by atoms with E-state index in [-0.39, 0.29) is 17.2 Å². The van der Waals surface area contributed by atoms with Gasteiger partial charge in [-0.3, -0.25) is 14.6 Å². The van der Waals surface area contributed by atoms with E-state index in [4.69, 9.17) is 0 Å². The molecule has 1 aromatic heterocycles. The number of rotatable bonds is 3. The number of carbonyl (C=O) groups is 2. The molecule has 0 radical (unpaired) electrons. The second kappa shape index (κ2) is 6.99. The number of halogens is 1. The fourth-order valence-corrected chi connectivity index (χ4v) is 3.14. The van der Waals surface area contributed by atoms with Crippen LogP contribution in [0.1, 0.15) is 26.3 Å². The van der Waals surface area contributed by atoms with Gasteiger partial charge in [-0.25, -0.2) is 4.39 Å². The van der Waals surface area contributed by atoms with Crippen molar-refractivity contribution in [1.82, 2.24) is 4.98 Å². The second-order valence-corrected chi connectivity index (χ2v) is 6.23. The van der Waals surface area contributed by atoms with Gasteiger partial charge in [-0.05, 0) is 36.2 Å². The lowest BCUT2D eigenvalue weighted by atomic mass is 10.1. The van der Waals surface area contributed by atoms with Gasteiger partial charge in [-0.15, -0.1) is 0 Å². The van der Waals surface area contributed by atoms with E-state index >= 15 is 0 Å². The Bertz CT molecular complexity index is 1040. The van der Waals surface area contributed by atoms with Crippen LogP contribution in [0.15, 0.2) is 67.0 Å². The highest BCUT2D eigenvalue weighted by Crippen LogP contribution is 2.28. The summed E-state index contributed by atoms with van der Waals surface area (Å²) in [5, 5.41) is 2.50. The molecule has 3 aromatic rings. The fraction of sp³-hybridized carbons (Fsp3) is 0.0952. The normalized spacial score (nSPS) is 12.6. The molecule has 5 nitrogen and oxygen atoms in total. The molecule has 2 aromatic carbocycles. The predicted octanol–water partition coefficient (Wildman–Crippen LogP) is 3.68. The predicted molar refractivity (Wildman–Crippen MR) is 100 cm³/mol. The third-order valence-electron chi connectivity index (χ3n) is 4.50. The maximum absolute atomic E-state index is 13.7. The van der Waals surface area contributed by atoms with Gasteiger partial charge in [0.05, 0.1) is 16.8 Å². The summed E-state index contributed by atoms with van der Waals surface area (Å²) in [4.78, 5) is 31.0. The van der Waals surface area contributed by atoms with Gasteiger partial charge in [0.25, 0.3) is 11.8 Å². The van der Waals surface area contributed by atoms with Gasteiger partial charge < -0.3 is 10.2 Å². The fourth-order valence-electron chi connectivity index (χ4n) is 3.14. The van der Waals surface area contributed by atoms with E-state index in [2.05, 4.69) is 10.3 Å². The number of hydrogen-bond donors (Lipinski definition) is 1. The summed E-state index contributed by atoms with van der Waals surface area (Å²) in [5.74, 6) is -1.27. The first-order valence-corrected chi connectivity index (χ1v) is 8.54. The molecule has 0 atom stereocenters. The third-order valence-corrected chi connectivity index (χ3v) is 4.50. The van der Waals surface area contributed by atoms with Gasteiger partial charge in [0, 0.05) is 24.6 Å². The number of pyridine rings is 1. The summed E-state index contributed by atoms with van der Waals surface area (Å²) in [5.41, 5.74) is 2.58. The lowest BCUT2D eigenvalue weighted by Gasteiger charge is -2.17. The number of hydrogen-bond acceptors (Lipinski definition) is 3. The van der Waals surface area contributed by atoms with E-state index in [9.17, 15) is 14.0 Å². The number of fused-ring (bicyclic) bond motifs is 1. The first kappa shape index (κ1) is 16.9. The van der Waals surface area contributed by atoms with Crippen molar-refractivity contribution >= 4 is 23.2 Å². The maximum atomic E-state index is 13.7. The average Bonchev–Trinajstić information content (AvgIpc) is 3.13. The van der Waals surface area contributed by atoms with Crippen LogP contribution in [0, 0.1) is 5.82 Å². The van der Waals surface area contributed by atoms with Gasteiger partial charge >= 0.3 is 0 Å². The number of benzene rings is 2. The van der Waals surface area contributed by atoms with Crippen LogP contribution in [0.2, 0.25) is 0 Å². The Kier molecular flexibility index (Phi) is 4.38. The highest BCUT2D eigenvalue weighted by Gasteiger charge is 2.25. The van der Waals surface area contributed by atoms with Gasteiger partial charge in [-0.1, -0.05) is 30.3 Å². The van der Waals surface area contributed by atoms with Gasteiger partial charge in [-0.2, -0.15) is 0 Å². The standard InChI is InChI=1S/C21H16FN3O2/c22-17-6-2-3-7-18(17)24-20(26)15-11-16(13-23-12-15)21(27)25-10-9-14-5-1-4-8-19(14)25/h1-8,11-13H,9-10H2,(H,24,26). The molecule has 0 spiro atoms. The first-order valence-electron chi connectivity index (χ1n) is 8.54. The summed E-state index contributed by atoms with van der Waals surface area (Å²) in [6.45, 7) is 0.587. The minimum Gasteiger partial charge on any atom is -0.319 e. The highest BCUT2D eigenvalue weighted by atomic mass is 19.1. The lowest BCUT2D eigenvalue weighted by Crippen LogP contribution is -2.29. The first-order chi connectivity index (χ1) is 13.1. The van der Waals surface area contributed by atoms with E-state index in [1.807, 2.05) is 24.3 Å². The topological polar surface area (TPSA) is 62.3 Å². The van der Waals surface area contributed by atoms with Crippen molar-refractivity contribution in [3.8, 4) is 0 Å². The summed E-state index contributed by atoms with van der Waals surface area (Å²) < 4.78 is 13.7. The number of amides is 2. The molecule has 1 aliphatic rings. The third kappa shape index (κ3) is 3.29. The summed E-state index contributed by atoms with van der Waals surface area (Å²) in [6.07, 6.45) is 3.58. The molecule has 2 heterocycles. The molecule has 0 saturated heterocycles. The van der Waals surface area contributed by atoms with Crippen LogP contribution >= 0.6 is 0 Å². The molecule has 27 heavy (non-hydrogen) atoms. The summed E-state index contributed by atoms with van der Waals surface area (Å²) in [6, 6.07) is 15.1. The number of para-hydroxylation sites is 2. The Morgan fingerprint density at radius 2 is 1.74 bits per heavy atom. The second-order valence-electron chi connectivity index (χ2n) is 6.23. The molecule has 0 saturated carbocycles. The zero-order chi connectivity index (χ0) is 18.8. The summed E-state index contributed by atoms with van der Waals surface area (Å²) in [7, 11) is 0. The number of aromatic nitrogens is 1. The van der Waals surface area contributed by atoms with Crippen molar-refractivity contribution in [2.75, 3.05) is 16.8 Å². The molecule has 2 amide bonds. The van der Waals surface area contributed by atoms with Crippen molar-refractivity contribution in [1.29, 1.82) is 0 Å². The van der Waals surface area contributed by atoms with Gasteiger partial charge in [0.2, 0.25) is 0 Å². The van der Waals surface area contributed by atoms with Crippen LogP contribution in [-0.4, -0.2) is 23.3 Å². The van der Waals surface area contributed by atoms with Crippen LogP contribution in [-0.2, 0) is 6.42 Å². The summed E-state index contributed by atoms with van der Waals surface area (Å²) >= 11 is 0. The van der Waals surface area contributed by atoms with Crippen LogP contribution in [0.3, 0.4) is 0 Å². The largest absolute Gasteiger partial charge is 0.319 e. The van der Waals surface area contributed by atoms with Crippen molar-refractivity contribution < 1.29 is 14.0 Å². The Balaban J connectivity index is 1.57. The van der Waals surface area contributed by atoms with Crippen LogP contribution in [0.5, 0.6) is 0 Å². The van der Waals surface area contributed by atoms with Crippen molar-refractivity contribution in [2.24, 2.45) is 0 Å². The Hall–Kier alpha value is -3.54. The van der Waals surface area contributed by atoms with Gasteiger partial charge in [0.1, 0.15) is 5.82 Å². The average molecular weight is 361 g/mol. The Morgan fingerprint density at radius 1 is 1.00 bits per heavy atom. The van der Waals surface area contributed by atoms with E-state index < -0.39 is 11.7 Å². The number of nitrogens with one attached hydrogen (secondary N) is 1. The Morgan fingerprint density at radius 3 is 2.59 bits per heavy atom. The SMILES string of the molecule is O=C(Nc1ccccc1F)c1cncc(C(=O)N2CCc3ccccc32)c1. The minimum atomic E-state index is -0.528. The number of carbonyl (C=O) groups excluding carboxylic acids is 2. The van der Waals surface area contributed by atoms with Crippen molar-refractivity contribution in [3.63, 3.8) is 0 Å². The van der Waals surface area contributed by atoms with E-state index in [0.717, 1.165) is 17.7 Å².